The fraction of sp³-hybridized carbons (Fsp3) is 0.417. The highest BCUT2D eigenvalue weighted by atomic mass is 35.5. The average molecular weight is 253 g/mol. The number of nitrogens with zero attached hydrogens (tertiary/aromatic N) is 2. The molecule has 1 saturated heterocycles. The molecule has 90 valence electrons. The van der Waals surface area contributed by atoms with E-state index >= 15 is 0 Å². The molecule has 1 aromatic heterocycles. The van der Waals surface area contributed by atoms with Crippen molar-refractivity contribution in [2.24, 2.45) is 0 Å². The Hall–Kier alpha value is -1.42. The van der Waals surface area contributed by atoms with Crippen molar-refractivity contribution in [1.29, 1.82) is 0 Å². The van der Waals surface area contributed by atoms with Gasteiger partial charge in [0.15, 0.2) is 0 Å². The van der Waals surface area contributed by atoms with Crippen molar-refractivity contribution < 1.29 is 9.59 Å². The van der Waals surface area contributed by atoms with Crippen LogP contribution >= 0.6 is 11.6 Å². The second kappa shape index (κ2) is 5.27. The summed E-state index contributed by atoms with van der Waals surface area (Å²) in [5.74, 6) is -0.194. The van der Waals surface area contributed by atoms with Crippen molar-refractivity contribution in [3.63, 3.8) is 0 Å². The molecule has 0 atom stereocenters. The maximum Gasteiger partial charge on any atom is 0.229 e. The normalized spacial score (nSPS) is 17.1. The van der Waals surface area contributed by atoms with Gasteiger partial charge < -0.3 is 0 Å². The highest BCUT2D eigenvalue weighted by molar-refractivity contribution is 6.29. The van der Waals surface area contributed by atoms with Crippen LogP contribution in [-0.4, -0.2) is 21.7 Å². The first-order valence-corrected chi connectivity index (χ1v) is 5.98. The van der Waals surface area contributed by atoms with Crippen molar-refractivity contribution in [3.05, 3.63) is 29.0 Å². The molecule has 0 N–H and O–H groups in total. The van der Waals surface area contributed by atoms with Crippen molar-refractivity contribution in [1.82, 2.24) is 9.88 Å². The zero-order chi connectivity index (χ0) is 12.3. The molecule has 0 aliphatic carbocycles. The molecule has 0 saturated carbocycles. The lowest BCUT2D eigenvalue weighted by atomic mass is 10.2. The van der Waals surface area contributed by atoms with E-state index in [9.17, 15) is 9.59 Å². The number of likely N-dealkylation sites (tertiary alicyclic amines) is 1. The number of halogens is 1. The van der Waals surface area contributed by atoms with Crippen molar-refractivity contribution in [2.75, 3.05) is 0 Å². The van der Waals surface area contributed by atoms with E-state index in [2.05, 4.69) is 4.98 Å². The zero-order valence-electron chi connectivity index (χ0n) is 9.36. The smallest absolute Gasteiger partial charge is 0.229 e. The largest absolute Gasteiger partial charge is 0.278 e. The van der Waals surface area contributed by atoms with Gasteiger partial charge in [-0.15, -0.1) is 0 Å². The maximum absolute atomic E-state index is 11.8. The van der Waals surface area contributed by atoms with Gasteiger partial charge >= 0.3 is 0 Å². The predicted molar refractivity (Wildman–Crippen MR) is 63.3 cm³/mol. The molecule has 0 unspecified atom stereocenters. The fourth-order valence-electron chi connectivity index (χ4n) is 1.86. The molecule has 0 aromatic carbocycles. The van der Waals surface area contributed by atoms with Gasteiger partial charge in [-0.2, -0.15) is 0 Å². The third-order valence-corrected chi connectivity index (χ3v) is 2.97. The molecule has 1 aromatic rings. The topological polar surface area (TPSA) is 50.3 Å². The summed E-state index contributed by atoms with van der Waals surface area (Å²) in [5, 5.41) is 0.372. The second-order valence-electron chi connectivity index (χ2n) is 4.07. The van der Waals surface area contributed by atoms with E-state index in [-0.39, 0.29) is 11.8 Å². The van der Waals surface area contributed by atoms with Crippen LogP contribution in [0.15, 0.2) is 18.3 Å². The number of carbonyl (C=O) groups is 2. The lowest BCUT2D eigenvalue weighted by Crippen LogP contribution is -2.34. The van der Waals surface area contributed by atoms with Gasteiger partial charge in [-0.1, -0.05) is 11.6 Å². The number of pyridine rings is 1. The molecule has 2 amide bonds. The maximum atomic E-state index is 11.8. The third kappa shape index (κ3) is 3.03. The molecule has 2 rings (SSSR count). The summed E-state index contributed by atoms with van der Waals surface area (Å²) < 4.78 is 0. The van der Waals surface area contributed by atoms with Gasteiger partial charge in [0.25, 0.3) is 0 Å². The minimum Gasteiger partial charge on any atom is -0.278 e. The molecule has 0 bridgehead atoms. The van der Waals surface area contributed by atoms with E-state index in [0.717, 1.165) is 18.4 Å². The predicted octanol–water partition coefficient (Wildman–Crippen LogP) is 2.16. The van der Waals surface area contributed by atoms with Crippen molar-refractivity contribution in [3.8, 4) is 0 Å². The number of imide groups is 1. The minimum atomic E-state index is -0.0968. The van der Waals surface area contributed by atoms with Crippen LogP contribution in [-0.2, 0) is 16.1 Å². The summed E-state index contributed by atoms with van der Waals surface area (Å²) >= 11 is 5.77. The highest BCUT2D eigenvalue weighted by Gasteiger charge is 2.23. The highest BCUT2D eigenvalue weighted by Crippen LogP contribution is 2.16. The Bertz CT molecular complexity index is 430. The van der Waals surface area contributed by atoms with Crippen LogP contribution in [0.2, 0.25) is 5.15 Å². The molecule has 5 heteroatoms. The summed E-state index contributed by atoms with van der Waals surface area (Å²) in [7, 11) is 0. The van der Waals surface area contributed by atoms with Gasteiger partial charge in [0.2, 0.25) is 11.8 Å². The van der Waals surface area contributed by atoms with E-state index in [1.165, 1.54) is 4.90 Å². The molecule has 0 radical (unpaired) electrons. The summed E-state index contributed by atoms with van der Waals surface area (Å²) in [6.45, 7) is 0.292. The Morgan fingerprint density at radius 2 is 1.88 bits per heavy atom. The number of hydrogen-bond donors (Lipinski definition) is 0. The monoisotopic (exact) mass is 252 g/mol. The molecular weight excluding hydrogens is 240 g/mol. The lowest BCUT2D eigenvalue weighted by molar-refractivity contribution is -0.144. The summed E-state index contributed by atoms with van der Waals surface area (Å²) in [6.07, 6.45) is 4.05. The third-order valence-electron chi connectivity index (χ3n) is 2.77. The van der Waals surface area contributed by atoms with Gasteiger partial charge in [-0.25, -0.2) is 4.98 Å². The number of hydrogen-bond acceptors (Lipinski definition) is 3. The van der Waals surface area contributed by atoms with E-state index in [1.807, 2.05) is 0 Å². The molecule has 0 spiro atoms. The molecular formula is C12H13ClN2O2. The summed E-state index contributed by atoms with van der Waals surface area (Å²) in [6, 6.07) is 3.43. The van der Waals surface area contributed by atoms with Crippen LogP contribution in [0.1, 0.15) is 31.2 Å². The van der Waals surface area contributed by atoms with Gasteiger partial charge in [-0.3, -0.25) is 14.5 Å². The second-order valence-corrected chi connectivity index (χ2v) is 4.45. The molecule has 17 heavy (non-hydrogen) atoms. The first-order chi connectivity index (χ1) is 8.16. The van der Waals surface area contributed by atoms with Crippen LogP contribution in [0.4, 0.5) is 0 Å². The van der Waals surface area contributed by atoms with Gasteiger partial charge in [-0.05, 0) is 30.5 Å². The number of carbonyl (C=O) groups excluding carboxylic acids is 2. The molecule has 2 heterocycles. The molecule has 1 fully saturated rings. The number of amides is 2. The van der Waals surface area contributed by atoms with Crippen LogP contribution in [0.5, 0.6) is 0 Å². The SMILES string of the molecule is O=C1CCCCC(=O)N1Cc1ccnc(Cl)c1. The fourth-order valence-corrected chi connectivity index (χ4v) is 2.06. The first-order valence-electron chi connectivity index (χ1n) is 5.60. The first kappa shape index (κ1) is 12.0. The van der Waals surface area contributed by atoms with Gasteiger partial charge in [0, 0.05) is 19.0 Å². The average Bonchev–Trinajstić information content (AvgIpc) is 2.44. The van der Waals surface area contributed by atoms with Gasteiger partial charge in [0.05, 0.1) is 6.54 Å². The van der Waals surface area contributed by atoms with E-state index in [1.54, 1.807) is 18.3 Å². The summed E-state index contributed by atoms with van der Waals surface area (Å²) in [5.41, 5.74) is 0.827. The van der Waals surface area contributed by atoms with Crippen LogP contribution < -0.4 is 0 Å². The summed E-state index contributed by atoms with van der Waals surface area (Å²) in [4.78, 5) is 28.7. The standard InChI is InChI=1S/C12H13ClN2O2/c13-10-7-9(5-6-14-10)8-15-11(16)3-1-2-4-12(15)17/h5-7H,1-4,8H2. The Morgan fingerprint density at radius 1 is 1.24 bits per heavy atom. The molecule has 1 aliphatic heterocycles. The Morgan fingerprint density at radius 3 is 2.47 bits per heavy atom. The minimum absolute atomic E-state index is 0.0968. The Kier molecular flexibility index (Phi) is 3.74. The Labute approximate surface area is 105 Å². The van der Waals surface area contributed by atoms with Crippen LogP contribution in [0.3, 0.4) is 0 Å². The van der Waals surface area contributed by atoms with Crippen LogP contribution in [0.25, 0.3) is 0 Å². The van der Waals surface area contributed by atoms with Gasteiger partial charge in [0.1, 0.15) is 5.15 Å². The van der Waals surface area contributed by atoms with E-state index < -0.39 is 0 Å². The van der Waals surface area contributed by atoms with Crippen molar-refractivity contribution in [2.45, 2.75) is 32.2 Å². The molecule has 4 nitrogen and oxygen atoms in total. The lowest BCUT2D eigenvalue weighted by Gasteiger charge is -2.18. The van der Waals surface area contributed by atoms with E-state index in [0.29, 0.717) is 24.5 Å². The quantitative estimate of drug-likeness (QED) is 0.599. The number of rotatable bonds is 2. The van der Waals surface area contributed by atoms with Crippen molar-refractivity contribution >= 4 is 23.4 Å². The Balaban J connectivity index is 2.15. The number of aromatic nitrogens is 1. The van der Waals surface area contributed by atoms with E-state index in [4.69, 9.17) is 11.6 Å². The zero-order valence-corrected chi connectivity index (χ0v) is 10.1. The van der Waals surface area contributed by atoms with Crippen LogP contribution in [0, 0.1) is 0 Å². The molecule has 1 aliphatic rings.